The first kappa shape index (κ1) is 14.3. The molecule has 1 aliphatic rings. The summed E-state index contributed by atoms with van der Waals surface area (Å²) in [6, 6.07) is 4.13. The van der Waals surface area contributed by atoms with Crippen LogP contribution in [-0.2, 0) is 0 Å². The van der Waals surface area contributed by atoms with Crippen LogP contribution in [0.1, 0.15) is 23.2 Å². The third-order valence-corrected chi connectivity index (χ3v) is 3.85. The van der Waals surface area contributed by atoms with E-state index in [9.17, 15) is 9.18 Å². The molecule has 1 aromatic carbocycles. The fourth-order valence-corrected chi connectivity index (χ4v) is 2.62. The minimum Gasteiger partial charge on any atom is -0.339 e. The van der Waals surface area contributed by atoms with E-state index < -0.39 is 5.82 Å². The molecule has 3 nitrogen and oxygen atoms in total. The molecule has 1 aliphatic heterocycles. The second kappa shape index (κ2) is 6.35. The Bertz CT molecular complexity index is 459. The molecule has 0 unspecified atom stereocenters. The molecular weight excluding hydrogens is 267 g/mol. The van der Waals surface area contributed by atoms with Crippen LogP contribution in [0.5, 0.6) is 0 Å². The zero-order chi connectivity index (χ0) is 13.8. The highest BCUT2D eigenvalue weighted by molar-refractivity contribution is 6.31. The van der Waals surface area contributed by atoms with Crippen molar-refractivity contribution in [3.63, 3.8) is 0 Å². The van der Waals surface area contributed by atoms with Crippen LogP contribution in [0.25, 0.3) is 0 Å². The lowest BCUT2D eigenvalue weighted by Gasteiger charge is -2.32. The second-order valence-corrected chi connectivity index (χ2v) is 5.33. The molecule has 1 aromatic rings. The Morgan fingerprint density at radius 2 is 2.16 bits per heavy atom. The van der Waals surface area contributed by atoms with Gasteiger partial charge in [0.2, 0.25) is 0 Å². The summed E-state index contributed by atoms with van der Waals surface area (Å²) in [7, 11) is 1.94. The summed E-state index contributed by atoms with van der Waals surface area (Å²) in [4.78, 5) is 14.1. The highest BCUT2D eigenvalue weighted by Crippen LogP contribution is 2.21. The highest BCUT2D eigenvalue weighted by atomic mass is 35.5. The Hall–Kier alpha value is -1.13. The van der Waals surface area contributed by atoms with Crippen LogP contribution < -0.4 is 5.32 Å². The topological polar surface area (TPSA) is 32.3 Å². The maximum atomic E-state index is 13.1. The number of carbonyl (C=O) groups is 1. The number of carbonyl (C=O) groups excluding carboxylic acids is 1. The molecule has 0 aliphatic carbocycles. The Morgan fingerprint density at radius 3 is 2.74 bits per heavy atom. The third-order valence-electron chi connectivity index (χ3n) is 3.56. The van der Waals surface area contributed by atoms with Crippen LogP contribution in [0.3, 0.4) is 0 Å². The van der Waals surface area contributed by atoms with Gasteiger partial charge in [-0.05, 0) is 50.6 Å². The molecule has 0 bridgehead atoms. The largest absolute Gasteiger partial charge is 0.339 e. The molecule has 0 spiro atoms. The SMILES string of the molecule is CNCC1CCN(C(=O)c2ccc(F)c(Cl)c2)CC1. The molecule has 1 N–H and O–H groups in total. The normalized spacial score (nSPS) is 16.7. The van der Waals surface area contributed by atoms with Crippen molar-refractivity contribution in [2.45, 2.75) is 12.8 Å². The number of likely N-dealkylation sites (tertiary alicyclic amines) is 1. The van der Waals surface area contributed by atoms with E-state index >= 15 is 0 Å². The molecule has 104 valence electrons. The minimum atomic E-state index is -0.494. The van der Waals surface area contributed by atoms with Gasteiger partial charge in [0.05, 0.1) is 5.02 Å². The number of amides is 1. The van der Waals surface area contributed by atoms with Gasteiger partial charge in [0, 0.05) is 18.7 Å². The molecule has 1 fully saturated rings. The van der Waals surface area contributed by atoms with Crippen LogP contribution in [0, 0.1) is 11.7 Å². The lowest BCUT2D eigenvalue weighted by atomic mass is 9.96. The van der Waals surface area contributed by atoms with Crippen molar-refractivity contribution in [2.24, 2.45) is 5.92 Å². The Morgan fingerprint density at radius 1 is 1.47 bits per heavy atom. The fraction of sp³-hybridized carbons (Fsp3) is 0.500. The predicted molar refractivity (Wildman–Crippen MR) is 74.0 cm³/mol. The number of hydrogen-bond donors (Lipinski definition) is 1. The molecule has 0 radical (unpaired) electrons. The van der Waals surface area contributed by atoms with Crippen molar-refractivity contribution in [3.8, 4) is 0 Å². The van der Waals surface area contributed by atoms with Gasteiger partial charge in [0.1, 0.15) is 5.82 Å². The quantitative estimate of drug-likeness (QED) is 0.925. The van der Waals surface area contributed by atoms with Gasteiger partial charge in [0.25, 0.3) is 5.91 Å². The number of rotatable bonds is 3. The zero-order valence-electron chi connectivity index (χ0n) is 11.0. The number of halogens is 2. The van der Waals surface area contributed by atoms with E-state index in [-0.39, 0.29) is 10.9 Å². The molecule has 1 amide bonds. The molecule has 2 rings (SSSR count). The molecule has 19 heavy (non-hydrogen) atoms. The van der Waals surface area contributed by atoms with E-state index in [0.29, 0.717) is 11.5 Å². The van der Waals surface area contributed by atoms with Crippen molar-refractivity contribution < 1.29 is 9.18 Å². The van der Waals surface area contributed by atoms with E-state index in [1.807, 2.05) is 11.9 Å². The van der Waals surface area contributed by atoms with Crippen molar-refractivity contribution in [1.82, 2.24) is 10.2 Å². The van der Waals surface area contributed by atoms with E-state index in [4.69, 9.17) is 11.6 Å². The molecule has 0 aromatic heterocycles. The first-order chi connectivity index (χ1) is 9.11. The summed E-state index contributed by atoms with van der Waals surface area (Å²) in [5.41, 5.74) is 0.457. The highest BCUT2D eigenvalue weighted by Gasteiger charge is 2.23. The molecular formula is C14H18ClFN2O. The van der Waals surface area contributed by atoms with Crippen molar-refractivity contribution in [3.05, 3.63) is 34.6 Å². The first-order valence-corrected chi connectivity index (χ1v) is 6.88. The molecule has 1 heterocycles. The van der Waals surface area contributed by atoms with Crippen LogP contribution in [0.4, 0.5) is 4.39 Å². The second-order valence-electron chi connectivity index (χ2n) is 4.92. The van der Waals surface area contributed by atoms with E-state index in [2.05, 4.69) is 5.32 Å². The van der Waals surface area contributed by atoms with Crippen LogP contribution in [0.15, 0.2) is 18.2 Å². The van der Waals surface area contributed by atoms with Gasteiger partial charge in [0.15, 0.2) is 0 Å². The summed E-state index contributed by atoms with van der Waals surface area (Å²) in [6.07, 6.45) is 2.00. The zero-order valence-corrected chi connectivity index (χ0v) is 11.7. The van der Waals surface area contributed by atoms with Crippen molar-refractivity contribution >= 4 is 17.5 Å². The van der Waals surface area contributed by atoms with Gasteiger partial charge < -0.3 is 10.2 Å². The van der Waals surface area contributed by atoms with Gasteiger partial charge in [-0.3, -0.25) is 4.79 Å². The summed E-state index contributed by atoms with van der Waals surface area (Å²) < 4.78 is 13.1. The van der Waals surface area contributed by atoms with Gasteiger partial charge in [-0.2, -0.15) is 0 Å². The summed E-state index contributed by atoms with van der Waals surface area (Å²) in [5, 5.41) is 3.16. The number of nitrogens with one attached hydrogen (secondary N) is 1. The van der Waals surface area contributed by atoms with Gasteiger partial charge in [-0.15, -0.1) is 0 Å². The lowest BCUT2D eigenvalue weighted by molar-refractivity contribution is 0.0691. The first-order valence-electron chi connectivity index (χ1n) is 6.50. The molecule has 0 atom stereocenters. The lowest BCUT2D eigenvalue weighted by Crippen LogP contribution is -2.40. The maximum Gasteiger partial charge on any atom is 0.253 e. The van der Waals surface area contributed by atoms with Crippen LogP contribution in [-0.4, -0.2) is 37.5 Å². The standard InChI is InChI=1S/C14H18ClFN2O/c1-17-9-10-4-6-18(7-5-10)14(19)11-2-3-13(16)12(15)8-11/h2-3,8,10,17H,4-7,9H2,1H3. The average Bonchev–Trinajstić information content (AvgIpc) is 2.42. The minimum absolute atomic E-state index is 0.00378. The van der Waals surface area contributed by atoms with Gasteiger partial charge in [-0.25, -0.2) is 4.39 Å². The third kappa shape index (κ3) is 3.45. The number of hydrogen-bond acceptors (Lipinski definition) is 2. The van der Waals surface area contributed by atoms with Gasteiger partial charge >= 0.3 is 0 Å². The summed E-state index contributed by atoms with van der Waals surface area (Å²) >= 11 is 5.71. The van der Waals surface area contributed by atoms with Crippen molar-refractivity contribution in [2.75, 3.05) is 26.7 Å². The maximum absolute atomic E-state index is 13.1. The molecule has 0 saturated carbocycles. The van der Waals surface area contributed by atoms with E-state index in [1.54, 1.807) is 0 Å². The smallest absolute Gasteiger partial charge is 0.253 e. The summed E-state index contributed by atoms with van der Waals surface area (Å²) in [6.45, 7) is 2.49. The molecule has 1 saturated heterocycles. The summed E-state index contributed by atoms with van der Waals surface area (Å²) in [5.74, 6) is 0.0709. The average molecular weight is 285 g/mol. The Balaban J connectivity index is 1.99. The van der Waals surface area contributed by atoms with E-state index in [1.165, 1.54) is 18.2 Å². The van der Waals surface area contributed by atoms with Crippen LogP contribution >= 0.6 is 11.6 Å². The number of nitrogens with zero attached hydrogens (tertiary/aromatic N) is 1. The fourth-order valence-electron chi connectivity index (χ4n) is 2.44. The number of piperidine rings is 1. The van der Waals surface area contributed by atoms with E-state index in [0.717, 1.165) is 32.5 Å². The van der Waals surface area contributed by atoms with Crippen molar-refractivity contribution in [1.29, 1.82) is 0 Å². The Labute approximate surface area is 117 Å². The monoisotopic (exact) mass is 284 g/mol. The van der Waals surface area contributed by atoms with Gasteiger partial charge in [-0.1, -0.05) is 11.6 Å². The predicted octanol–water partition coefficient (Wildman–Crippen LogP) is 2.55. The van der Waals surface area contributed by atoms with Crippen LogP contribution in [0.2, 0.25) is 5.02 Å². The number of benzene rings is 1. The molecule has 5 heteroatoms. The Kier molecular flexibility index (Phi) is 4.77.